The molecule has 1 saturated heterocycles. The van der Waals surface area contributed by atoms with Gasteiger partial charge in [0.05, 0.1) is 9.82 Å². The Kier molecular flexibility index (Phi) is 5.66. The van der Waals surface area contributed by atoms with Crippen molar-refractivity contribution in [2.24, 2.45) is 0 Å². The number of nitro benzene ring substituents is 1. The Morgan fingerprint density at radius 2 is 1.96 bits per heavy atom. The molecule has 28 heavy (non-hydrogen) atoms. The first-order chi connectivity index (χ1) is 13.2. The largest absolute Gasteiger partial charge is 0.366 e. The van der Waals surface area contributed by atoms with Gasteiger partial charge in [-0.25, -0.2) is 13.1 Å². The highest BCUT2D eigenvalue weighted by Gasteiger charge is 2.29. The second-order valence-corrected chi connectivity index (χ2v) is 8.95. The Bertz CT molecular complexity index is 964. The molecule has 2 aromatic rings. The number of hydrogen-bond acceptors (Lipinski definition) is 7. The quantitative estimate of drug-likeness (QED) is 0.573. The Morgan fingerprint density at radius 1 is 1.29 bits per heavy atom. The van der Waals surface area contributed by atoms with Gasteiger partial charge < -0.3 is 9.47 Å². The van der Waals surface area contributed by atoms with E-state index in [4.69, 9.17) is 0 Å². The molecular formula is C17H24N6O4S. The molecule has 1 N–H and O–H groups in total. The van der Waals surface area contributed by atoms with Crippen molar-refractivity contribution in [3.05, 3.63) is 40.5 Å². The molecule has 1 aliphatic heterocycles. The zero-order chi connectivity index (χ0) is 20.5. The molecule has 0 amide bonds. The zero-order valence-electron chi connectivity index (χ0n) is 16.1. The summed E-state index contributed by atoms with van der Waals surface area (Å²) in [4.78, 5) is 12.8. The van der Waals surface area contributed by atoms with Crippen LogP contribution in [-0.2, 0) is 10.0 Å². The van der Waals surface area contributed by atoms with Gasteiger partial charge in [-0.3, -0.25) is 10.1 Å². The number of aromatic nitrogens is 3. The number of piperidine rings is 1. The van der Waals surface area contributed by atoms with Crippen molar-refractivity contribution in [3.8, 4) is 0 Å². The van der Waals surface area contributed by atoms with Gasteiger partial charge in [-0.15, -0.1) is 10.2 Å². The lowest BCUT2D eigenvalue weighted by molar-refractivity contribution is -0.384. The van der Waals surface area contributed by atoms with E-state index >= 15 is 0 Å². The van der Waals surface area contributed by atoms with Crippen LogP contribution < -0.4 is 9.62 Å². The van der Waals surface area contributed by atoms with E-state index in [2.05, 4.69) is 33.3 Å². The lowest BCUT2D eigenvalue weighted by atomic mass is 9.95. The summed E-state index contributed by atoms with van der Waals surface area (Å²) in [5.74, 6) is 1.18. The average Bonchev–Trinajstić information content (AvgIpc) is 3.18. The summed E-state index contributed by atoms with van der Waals surface area (Å²) in [7, 11) is -2.47. The van der Waals surface area contributed by atoms with Gasteiger partial charge in [-0.1, -0.05) is 0 Å². The van der Waals surface area contributed by atoms with Crippen molar-refractivity contribution < 1.29 is 13.3 Å². The van der Waals surface area contributed by atoms with E-state index < -0.39 is 14.9 Å². The first kappa shape index (κ1) is 20.2. The SMILES string of the molecule is CNS(=O)(=O)c1ccc(N2CCC(c3nncn3C(C)C)CC2)c([N+](=O)[O-])c1. The van der Waals surface area contributed by atoms with E-state index in [1.54, 1.807) is 6.33 Å². The molecule has 0 atom stereocenters. The maximum Gasteiger partial charge on any atom is 0.293 e. The lowest BCUT2D eigenvalue weighted by Gasteiger charge is -2.33. The van der Waals surface area contributed by atoms with Crippen LogP contribution in [0.25, 0.3) is 0 Å². The average molecular weight is 408 g/mol. The number of anilines is 1. The number of rotatable bonds is 6. The third kappa shape index (κ3) is 3.85. The highest BCUT2D eigenvalue weighted by molar-refractivity contribution is 7.89. The summed E-state index contributed by atoms with van der Waals surface area (Å²) in [5.41, 5.74) is 0.226. The lowest BCUT2D eigenvalue weighted by Crippen LogP contribution is -2.34. The second-order valence-electron chi connectivity index (χ2n) is 7.07. The molecule has 2 heterocycles. The summed E-state index contributed by atoms with van der Waals surface area (Å²) in [6, 6.07) is 4.29. The first-order valence-corrected chi connectivity index (χ1v) is 10.6. The molecule has 3 rings (SSSR count). The van der Waals surface area contributed by atoms with Crippen LogP contribution in [0.4, 0.5) is 11.4 Å². The zero-order valence-corrected chi connectivity index (χ0v) is 16.9. The normalized spacial score (nSPS) is 15.9. The summed E-state index contributed by atoms with van der Waals surface area (Å²) in [5, 5.41) is 19.8. The molecule has 11 heteroatoms. The van der Waals surface area contributed by atoms with Gasteiger partial charge in [0, 0.05) is 31.1 Å². The fraction of sp³-hybridized carbons (Fsp3) is 0.529. The van der Waals surface area contributed by atoms with Crippen LogP contribution in [0.2, 0.25) is 0 Å². The molecule has 0 bridgehead atoms. The van der Waals surface area contributed by atoms with Crippen LogP contribution in [0.5, 0.6) is 0 Å². The Labute approximate surface area is 163 Å². The molecule has 10 nitrogen and oxygen atoms in total. The highest BCUT2D eigenvalue weighted by atomic mass is 32.2. The molecule has 1 fully saturated rings. The number of nitro groups is 1. The van der Waals surface area contributed by atoms with E-state index in [0.29, 0.717) is 18.8 Å². The molecule has 1 aliphatic rings. The Balaban J connectivity index is 1.82. The van der Waals surface area contributed by atoms with Crippen LogP contribution in [0.15, 0.2) is 29.4 Å². The van der Waals surface area contributed by atoms with Crippen LogP contribution in [0.3, 0.4) is 0 Å². The van der Waals surface area contributed by atoms with E-state index in [-0.39, 0.29) is 22.5 Å². The Hall–Kier alpha value is -2.53. The number of nitrogens with zero attached hydrogens (tertiary/aromatic N) is 5. The predicted molar refractivity (Wildman–Crippen MR) is 104 cm³/mol. The number of hydrogen-bond donors (Lipinski definition) is 1. The molecule has 0 aliphatic carbocycles. The minimum atomic E-state index is -3.74. The van der Waals surface area contributed by atoms with Crippen LogP contribution in [-0.4, -0.2) is 48.2 Å². The van der Waals surface area contributed by atoms with Crippen molar-refractivity contribution in [1.82, 2.24) is 19.5 Å². The smallest absolute Gasteiger partial charge is 0.293 e. The van der Waals surface area contributed by atoms with Crippen molar-refractivity contribution in [3.63, 3.8) is 0 Å². The summed E-state index contributed by atoms with van der Waals surface area (Å²) >= 11 is 0. The van der Waals surface area contributed by atoms with E-state index in [0.717, 1.165) is 24.7 Å². The summed E-state index contributed by atoms with van der Waals surface area (Å²) < 4.78 is 28.2. The molecule has 1 aromatic carbocycles. The first-order valence-electron chi connectivity index (χ1n) is 9.11. The third-order valence-corrected chi connectivity index (χ3v) is 6.49. The van der Waals surface area contributed by atoms with Crippen molar-refractivity contribution >= 4 is 21.4 Å². The van der Waals surface area contributed by atoms with Gasteiger partial charge in [0.25, 0.3) is 5.69 Å². The van der Waals surface area contributed by atoms with Gasteiger partial charge in [-0.05, 0) is 45.9 Å². The molecule has 152 valence electrons. The molecule has 1 aromatic heterocycles. The summed E-state index contributed by atoms with van der Waals surface area (Å²) in [6.45, 7) is 5.39. The molecule has 0 unspecified atom stereocenters. The van der Waals surface area contributed by atoms with Crippen LogP contribution in [0, 0.1) is 10.1 Å². The maximum atomic E-state index is 12.0. The van der Waals surface area contributed by atoms with Crippen molar-refractivity contribution in [2.45, 2.75) is 43.5 Å². The van der Waals surface area contributed by atoms with Crippen LogP contribution in [0.1, 0.15) is 44.5 Å². The fourth-order valence-corrected chi connectivity index (χ4v) is 4.27. The maximum absolute atomic E-state index is 12.0. The van der Waals surface area contributed by atoms with Gasteiger partial charge in [0.2, 0.25) is 10.0 Å². The number of benzene rings is 1. The molecule has 0 radical (unpaired) electrons. The predicted octanol–water partition coefficient (Wildman–Crippen LogP) is 2.06. The van der Waals surface area contributed by atoms with Gasteiger partial charge in [0.1, 0.15) is 17.8 Å². The van der Waals surface area contributed by atoms with Gasteiger partial charge in [-0.2, -0.15) is 0 Å². The van der Waals surface area contributed by atoms with Crippen LogP contribution >= 0.6 is 0 Å². The molecular weight excluding hydrogens is 384 g/mol. The van der Waals surface area contributed by atoms with Gasteiger partial charge >= 0.3 is 0 Å². The second kappa shape index (κ2) is 7.84. The topological polar surface area (TPSA) is 123 Å². The monoisotopic (exact) mass is 408 g/mol. The minimum absolute atomic E-state index is 0.120. The minimum Gasteiger partial charge on any atom is -0.366 e. The standard InChI is InChI=1S/C17H24N6O4S/c1-12(2)22-11-19-20-17(22)13-6-8-21(9-7-13)15-5-4-14(28(26,27)18-3)10-16(15)23(24)25/h4-5,10-13,18H,6-9H2,1-3H3. The van der Waals surface area contributed by atoms with E-state index in [9.17, 15) is 18.5 Å². The van der Waals surface area contributed by atoms with Gasteiger partial charge in [0.15, 0.2) is 0 Å². The van der Waals surface area contributed by atoms with Crippen molar-refractivity contribution in [2.75, 3.05) is 25.0 Å². The number of sulfonamides is 1. The third-order valence-electron chi connectivity index (χ3n) is 5.08. The van der Waals surface area contributed by atoms with E-state index in [1.165, 1.54) is 19.2 Å². The fourth-order valence-electron chi connectivity index (χ4n) is 3.52. The van der Waals surface area contributed by atoms with Crippen molar-refractivity contribution in [1.29, 1.82) is 0 Å². The van der Waals surface area contributed by atoms with E-state index in [1.807, 2.05) is 4.90 Å². The Morgan fingerprint density at radius 3 is 2.54 bits per heavy atom. The highest BCUT2D eigenvalue weighted by Crippen LogP contribution is 2.35. The summed E-state index contributed by atoms with van der Waals surface area (Å²) in [6.07, 6.45) is 3.32. The molecule has 0 saturated carbocycles. The number of nitrogens with one attached hydrogen (secondary N) is 1. The molecule has 0 spiro atoms.